The van der Waals surface area contributed by atoms with Crippen molar-refractivity contribution >= 4 is 10.0 Å². The number of sulfonamides is 1. The van der Waals surface area contributed by atoms with Crippen molar-refractivity contribution in [3.63, 3.8) is 0 Å². The van der Waals surface area contributed by atoms with Gasteiger partial charge in [0.15, 0.2) is 0 Å². The lowest BCUT2D eigenvalue weighted by atomic mass is 9.98. The van der Waals surface area contributed by atoms with Crippen LogP contribution in [0.4, 0.5) is 0 Å². The number of piperidine rings is 1. The average Bonchev–Trinajstić information content (AvgIpc) is 3.19. The maximum Gasteiger partial charge on any atom is 0.243 e. The fraction of sp³-hybridized carbons (Fsp3) is 0.300. The van der Waals surface area contributed by atoms with Gasteiger partial charge in [-0.3, -0.25) is 0 Å². The summed E-state index contributed by atoms with van der Waals surface area (Å²) in [5.41, 5.74) is 2.05. The Kier molecular flexibility index (Phi) is 4.80. The summed E-state index contributed by atoms with van der Waals surface area (Å²) in [5, 5.41) is 4.12. The first-order valence-electron chi connectivity index (χ1n) is 9.00. The highest BCUT2D eigenvalue weighted by Crippen LogP contribution is 2.31. The predicted octanol–water partition coefficient (Wildman–Crippen LogP) is 3.61. The maximum atomic E-state index is 12.7. The van der Waals surface area contributed by atoms with Crippen LogP contribution in [0.3, 0.4) is 0 Å². The van der Waals surface area contributed by atoms with Gasteiger partial charge in [-0.1, -0.05) is 47.6 Å². The van der Waals surface area contributed by atoms with E-state index in [1.165, 1.54) is 4.31 Å². The van der Waals surface area contributed by atoms with Crippen molar-refractivity contribution in [2.45, 2.75) is 30.6 Å². The fourth-order valence-corrected chi connectivity index (χ4v) is 4.91. The second-order valence-electron chi connectivity index (χ2n) is 6.76. The number of benzene rings is 2. The van der Waals surface area contributed by atoms with Gasteiger partial charge in [-0.15, -0.1) is 0 Å². The van der Waals surface area contributed by atoms with Crippen LogP contribution in [0.1, 0.15) is 30.2 Å². The molecule has 3 aromatic rings. The summed E-state index contributed by atoms with van der Waals surface area (Å²) < 4.78 is 32.5. The van der Waals surface area contributed by atoms with Crippen molar-refractivity contribution < 1.29 is 12.9 Å². The Bertz CT molecular complexity index is 1020. The third kappa shape index (κ3) is 3.52. The van der Waals surface area contributed by atoms with Crippen LogP contribution in [0, 0.1) is 6.92 Å². The van der Waals surface area contributed by atoms with Crippen molar-refractivity contribution in [2.24, 2.45) is 0 Å². The zero-order valence-corrected chi connectivity index (χ0v) is 15.9. The van der Waals surface area contributed by atoms with Gasteiger partial charge >= 0.3 is 0 Å². The molecule has 2 aromatic carbocycles. The minimum absolute atomic E-state index is 0.0810. The highest BCUT2D eigenvalue weighted by atomic mass is 32.2. The molecule has 0 unspecified atom stereocenters. The first kappa shape index (κ1) is 17.9. The Hall–Kier alpha value is -2.51. The molecule has 6 nitrogen and oxygen atoms in total. The SMILES string of the molecule is Cc1ccccc1-c1noc(C2CCN(S(=O)(=O)c3ccccc3)CC2)n1. The van der Waals surface area contributed by atoms with Crippen LogP contribution in [0.15, 0.2) is 64.0 Å². The third-order valence-electron chi connectivity index (χ3n) is 5.01. The largest absolute Gasteiger partial charge is 0.339 e. The maximum absolute atomic E-state index is 12.7. The Balaban J connectivity index is 1.47. The Labute approximate surface area is 158 Å². The Morgan fingerprint density at radius 2 is 1.67 bits per heavy atom. The molecule has 0 saturated carbocycles. The molecular formula is C20H21N3O3S. The van der Waals surface area contributed by atoms with Crippen molar-refractivity contribution in [3.8, 4) is 11.4 Å². The van der Waals surface area contributed by atoms with Gasteiger partial charge in [0.05, 0.1) is 4.90 Å². The van der Waals surface area contributed by atoms with E-state index in [9.17, 15) is 8.42 Å². The summed E-state index contributed by atoms with van der Waals surface area (Å²) in [6, 6.07) is 16.5. The Morgan fingerprint density at radius 1 is 1.00 bits per heavy atom. The summed E-state index contributed by atoms with van der Waals surface area (Å²) in [5.74, 6) is 1.25. The topological polar surface area (TPSA) is 76.3 Å². The molecule has 4 rings (SSSR count). The molecule has 1 aliphatic heterocycles. The van der Waals surface area contributed by atoms with E-state index in [0.29, 0.717) is 42.5 Å². The molecule has 27 heavy (non-hydrogen) atoms. The molecule has 0 amide bonds. The van der Waals surface area contributed by atoms with E-state index >= 15 is 0 Å². The first-order valence-corrected chi connectivity index (χ1v) is 10.4. The van der Waals surface area contributed by atoms with E-state index < -0.39 is 10.0 Å². The molecule has 0 aliphatic carbocycles. The van der Waals surface area contributed by atoms with Gasteiger partial charge in [0, 0.05) is 24.6 Å². The smallest absolute Gasteiger partial charge is 0.243 e. The molecule has 7 heteroatoms. The van der Waals surface area contributed by atoms with Gasteiger partial charge in [0.25, 0.3) is 0 Å². The van der Waals surface area contributed by atoms with Gasteiger partial charge in [-0.2, -0.15) is 9.29 Å². The monoisotopic (exact) mass is 383 g/mol. The van der Waals surface area contributed by atoms with Crippen LogP contribution in [0.25, 0.3) is 11.4 Å². The minimum Gasteiger partial charge on any atom is -0.339 e. The minimum atomic E-state index is -3.44. The van der Waals surface area contributed by atoms with Crippen molar-refractivity contribution in [2.75, 3.05) is 13.1 Å². The summed E-state index contributed by atoms with van der Waals surface area (Å²) in [6.07, 6.45) is 1.34. The summed E-state index contributed by atoms with van der Waals surface area (Å²) >= 11 is 0. The van der Waals surface area contributed by atoms with Crippen LogP contribution in [0.5, 0.6) is 0 Å². The highest BCUT2D eigenvalue weighted by molar-refractivity contribution is 7.89. The molecule has 1 aliphatic rings. The van der Waals surface area contributed by atoms with Crippen molar-refractivity contribution in [3.05, 3.63) is 66.1 Å². The first-order chi connectivity index (χ1) is 13.1. The zero-order chi connectivity index (χ0) is 18.9. The number of hydrogen-bond donors (Lipinski definition) is 0. The standard InChI is InChI=1S/C20H21N3O3S/c1-15-7-5-6-10-18(15)19-21-20(26-22-19)16-11-13-23(14-12-16)27(24,25)17-8-3-2-4-9-17/h2-10,16H,11-14H2,1H3. The molecule has 1 fully saturated rings. The van der Waals surface area contributed by atoms with Gasteiger partial charge in [-0.05, 0) is 37.5 Å². The lowest BCUT2D eigenvalue weighted by Gasteiger charge is -2.29. The second kappa shape index (κ2) is 7.25. The number of hydrogen-bond acceptors (Lipinski definition) is 5. The molecule has 1 saturated heterocycles. The molecule has 2 heterocycles. The zero-order valence-electron chi connectivity index (χ0n) is 15.1. The van der Waals surface area contributed by atoms with Gasteiger partial charge in [0.1, 0.15) is 0 Å². The second-order valence-corrected chi connectivity index (χ2v) is 8.70. The van der Waals surface area contributed by atoms with Gasteiger partial charge in [0.2, 0.25) is 21.7 Å². The van der Waals surface area contributed by atoms with Crippen LogP contribution >= 0.6 is 0 Å². The highest BCUT2D eigenvalue weighted by Gasteiger charge is 2.32. The molecule has 0 spiro atoms. The van der Waals surface area contributed by atoms with E-state index in [-0.39, 0.29) is 5.92 Å². The van der Waals surface area contributed by atoms with Gasteiger partial charge < -0.3 is 4.52 Å². The van der Waals surface area contributed by atoms with E-state index in [2.05, 4.69) is 10.1 Å². The van der Waals surface area contributed by atoms with E-state index in [1.807, 2.05) is 37.3 Å². The van der Waals surface area contributed by atoms with E-state index in [1.54, 1.807) is 24.3 Å². The normalized spacial score (nSPS) is 16.5. The van der Waals surface area contributed by atoms with Crippen LogP contribution in [-0.4, -0.2) is 36.0 Å². The van der Waals surface area contributed by atoms with Crippen LogP contribution in [-0.2, 0) is 10.0 Å². The number of nitrogens with zero attached hydrogens (tertiary/aromatic N) is 3. The summed E-state index contributed by atoms with van der Waals surface area (Å²) in [4.78, 5) is 4.90. The molecule has 0 radical (unpaired) electrons. The molecule has 0 atom stereocenters. The molecule has 1 aromatic heterocycles. The number of aromatic nitrogens is 2. The Morgan fingerprint density at radius 3 is 2.37 bits per heavy atom. The average molecular weight is 383 g/mol. The lowest BCUT2D eigenvalue weighted by Crippen LogP contribution is -2.37. The van der Waals surface area contributed by atoms with Crippen LogP contribution in [0.2, 0.25) is 0 Å². The molecule has 0 bridgehead atoms. The molecule has 140 valence electrons. The number of aryl methyl sites for hydroxylation is 1. The fourth-order valence-electron chi connectivity index (χ4n) is 3.42. The third-order valence-corrected chi connectivity index (χ3v) is 6.92. The quantitative estimate of drug-likeness (QED) is 0.688. The number of rotatable bonds is 4. The predicted molar refractivity (Wildman–Crippen MR) is 102 cm³/mol. The van der Waals surface area contributed by atoms with E-state index in [0.717, 1.165) is 11.1 Å². The molecular weight excluding hydrogens is 362 g/mol. The van der Waals surface area contributed by atoms with Crippen molar-refractivity contribution in [1.82, 2.24) is 14.4 Å². The summed E-state index contributed by atoms with van der Waals surface area (Å²) in [7, 11) is -3.44. The molecule has 0 N–H and O–H groups in total. The van der Waals surface area contributed by atoms with E-state index in [4.69, 9.17) is 4.52 Å². The lowest BCUT2D eigenvalue weighted by molar-refractivity contribution is 0.271. The van der Waals surface area contributed by atoms with Crippen molar-refractivity contribution in [1.29, 1.82) is 0 Å². The summed E-state index contributed by atoms with van der Waals surface area (Å²) in [6.45, 7) is 2.91. The van der Waals surface area contributed by atoms with Gasteiger partial charge in [-0.25, -0.2) is 8.42 Å². The van der Waals surface area contributed by atoms with Crippen LogP contribution < -0.4 is 0 Å².